The second kappa shape index (κ2) is 6.48. The molecule has 0 aliphatic carbocycles. The third kappa shape index (κ3) is 3.31. The second-order valence-electron chi connectivity index (χ2n) is 5.79. The van der Waals surface area contributed by atoms with Crippen LogP contribution >= 0.6 is 0 Å². The van der Waals surface area contributed by atoms with E-state index in [1.54, 1.807) is 16.6 Å². The number of aromatic nitrogens is 1. The number of nitrogens with zero attached hydrogens (tertiary/aromatic N) is 3. The predicted octanol–water partition coefficient (Wildman–Crippen LogP) is 0.681. The van der Waals surface area contributed by atoms with Gasteiger partial charge in [0.1, 0.15) is 4.90 Å². The summed E-state index contributed by atoms with van der Waals surface area (Å²) in [6.07, 6.45) is 2.68. The van der Waals surface area contributed by atoms with Crippen LogP contribution in [0.3, 0.4) is 0 Å². The molecule has 0 spiro atoms. The Balaban J connectivity index is 2.31. The van der Waals surface area contributed by atoms with Crippen molar-refractivity contribution >= 4 is 10.0 Å². The lowest BCUT2D eigenvalue weighted by Gasteiger charge is -2.36. The molecule has 1 aliphatic rings. The van der Waals surface area contributed by atoms with Crippen molar-refractivity contribution in [3.05, 3.63) is 18.0 Å². The van der Waals surface area contributed by atoms with Gasteiger partial charge in [0.2, 0.25) is 10.0 Å². The predicted molar refractivity (Wildman–Crippen MR) is 83.5 cm³/mol. The van der Waals surface area contributed by atoms with E-state index in [1.165, 1.54) is 0 Å². The average molecular weight is 314 g/mol. The summed E-state index contributed by atoms with van der Waals surface area (Å²) >= 11 is 0. The average Bonchev–Trinajstić information content (AvgIpc) is 2.82. The minimum absolute atomic E-state index is 0.00963. The molecule has 0 saturated carbocycles. The minimum atomic E-state index is -3.43. The summed E-state index contributed by atoms with van der Waals surface area (Å²) < 4.78 is 29.2. The first-order chi connectivity index (χ1) is 9.90. The molecule has 1 atom stereocenters. The van der Waals surface area contributed by atoms with Crippen molar-refractivity contribution in [3.63, 3.8) is 0 Å². The van der Waals surface area contributed by atoms with Crippen LogP contribution in [0.25, 0.3) is 0 Å². The Morgan fingerprint density at radius 3 is 2.67 bits per heavy atom. The lowest BCUT2D eigenvalue weighted by Crippen LogP contribution is -2.52. The summed E-state index contributed by atoms with van der Waals surface area (Å²) in [5.74, 6) is 0. The number of nitrogens with two attached hydrogens (primary N) is 1. The van der Waals surface area contributed by atoms with Crippen molar-refractivity contribution in [2.24, 2.45) is 5.73 Å². The topological polar surface area (TPSA) is 71.6 Å². The zero-order valence-electron chi connectivity index (χ0n) is 13.1. The van der Waals surface area contributed by atoms with E-state index in [0.717, 1.165) is 31.7 Å². The van der Waals surface area contributed by atoms with Crippen LogP contribution in [-0.4, -0.2) is 54.9 Å². The molecule has 0 radical (unpaired) electrons. The van der Waals surface area contributed by atoms with Gasteiger partial charge in [-0.05, 0) is 26.5 Å². The van der Waals surface area contributed by atoms with E-state index >= 15 is 0 Å². The van der Waals surface area contributed by atoms with E-state index < -0.39 is 10.0 Å². The summed E-state index contributed by atoms with van der Waals surface area (Å²) in [6, 6.07) is 1.71. The second-order valence-corrected chi connectivity index (χ2v) is 7.68. The van der Waals surface area contributed by atoms with Gasteiger partial charge in [-0.1, -0.05) is 6.92 Å². The van der Waals surface area contributed by atoms with Crippen molar-refractivity contribution < 1.29 is 8.42 Å². The Morgan fingerprint density at radius 2 is 2.10 bits per heavy atom. The normalized spacial score (nSPS) is 21.8. The Labute approximate surface area is 127 Å². The Bertz CT molecular complexity index is 582. The number of sulfonamides is 1. The standard InChI is InChI=1S/C14H26N4O2S/c1-4-5-17-11-14(8-13(17)9-15)21(19,20)18-7-6-16(3)10-12(18)2/h8,11-12H,4-7,9-10,15H2,1-3H3. The highest BCUT2D eigenvalue weighted by Crippen LogP contribution is 2.23. The first kappa shape index (κ1) is 16.5. The lowest BCUT2D eigenvalue weighted by atomic mass is 10.2. The fourth-order valence-electron chi connectivity index (χ4n) is 2.90. The molecule has 7 heteroatoms. The number of piperazine rings is 1. The van der Waals surface area contributed by atoms with E-state index in [4.69, 9.17) is 5.73 Å². The van der Waals surface area contributed by atoms with Crippen LogP contribution in [0, 0.1) is 0 Å². The summed E-state index contributed by atoms with van der Waals surface area (Å²) in [6.45, 7) is 7.24. The molecule has 2 rings (SSSR count). The Kier molecular flexibility index (Phi) is 5.08. The van der Waals surface area contributed by atoms with Crippen LogP contribution in [0.2, 0.25) is 0 Å². The van der Waals surface area contributed by atoms with Gasteiger partial charge >= 0.3 is 0 Å². The molecule has 1 fully saturated rings. The van der Waals surface area contributed by atoms with Gasteiger partial charge < -0.3 is 15.2 Å². The monoisotopic (exact) mass is 314 g/mol. The third-order valence-corrected chi connectivity index (χ3v) is 5.99. The van der Waals surface area contributed by atoms with E-state index in [0.29, 0.717) is 18.0 Å². The molecule has 120 valence electrons. The molecule has 6 nitrogen and oxygen atoms in total. The highest BCUT2D eigenvalue weighted by Gasteiger charge is 2.33. The summed E-state index contributed by atoms with van der Waals surface area (Å²) in [4.78, 5) is 2.53. The van der Waals surface area contributed by atoms with Crippen LogP contribution < -0.4 is 5.73 Å². The maximum atomic E-state index is 12.8. The molecule has 0 bridgehead atoms. The first-order valence-corrected chi connectivity index (χ1v) is 8.93. The maximum absolute atomic E-state index is 12.8. The maximum Gasteiger partial charge on any atom is 0.244 e. The molecule has 1 unspecified atom stereocenters. The van der Waals surface area contributed by atoms with E-state index in [1.807, 2.05) is 18.5 Å². The molecule has 21 heavy (non-hydrogen) atoms. The van der Waals surface area contributed by atoms with Crippen molar-refractivity contribution in [1.29, 1.82) is 0 Å². The van der Waals surface area contributed by atoms with Gasteiger partial charge in [0.15, 0.2) is 0 Å². The van der Waals surface area contributed by atoms with Crippen LogP contribution in [0.1, 0.15) is 26.0 Å². The first-order valence-electron chi connectivity index (χ1n) is 7.49. The van der Waals surface area contributed by atoms with Crippen LogP contribution in [0.4, 0.5) is 0 Å². The van der Waals surface area contributed by atoms with Gasteiger partial charge in [-0.15, -0.1) is 0 Å². The molecule has 1 aromatic heterocycles. The molecule has 1 saturated heterocycles. The van der Waals surface area contributed by atoms with Crippen molar-refractivity contribution in [1.82, 2.24) is 13.8 Å². The number of hydrogen-bond donors (Lipinski definition) is 1. The zero-order chi connectivity index (χ0) is 15.6. The largest absolute Gasteiger partial charge is 0.349 e. The third-order valence-electron chi connectivity index (χ3n) is 4.01. The van der Waals surface area contributed by atoms with Gasteiger partial charge in [-0.3, -0.25) is 0 Å². The van der Waals surface area contributed by atoms with Gasteiger partial charge in [-0.2, -0.15) is 4.31 Å². The summed E-state index contributed by atoms with van der Waals surface area (Å²) in [5, 5.41) is 0. The highest BCUT2D eigenvalue weighted by atomic mass is 32.2. The highest BCUT2D eigenvalue weighted by molar-refractivity contribution is 7.89. The number of aryl methyl sites for hydroxylation is 1. The van der Waals surface area contributed by atoms with Crippen molar-refractivity contribution in [3.8, 4) is 0 Å². The fourth-order valence-corrected chi connectivity index (χ4v) is 4.58. The van der Waals surface area contributed by atoms with Gasteiger partial charge in [0.05, 0.1) is 0 Å². The molecule has 2 heterocycles. The van der Waals surface area contributed by atoms with E-state index in [9.17, 15) is 8.42 Å². The SMILES string of the molecule is CCCn1cc(S(=O)(=O)N2CCN(C)CC2C)cc1CN. The molecular weight excluding hydrogens is 288 g/mol. The molecule has 0 aromatic carbocycles. The fraction of sp³-hybridized carbons (Fsp3) is 0.714. The van der Waals surface area contributed by atoms with E-state index in [-0.39, 0.29) is 6.04 Å². The van der Waals surface area contributed by atoms with Crippen molar-refractivity contribution in [2.45, 2.75) is 44.3 Å². The Hall–Kier alpha value is -0.890. The molecule has 0 amide bonds. The van der Waals surface area contributed by atoms with Gasteiger partial charge in [0.25, 0.3) is 0 Å². The number of rotatable bonds is 5. The van der Waals surface area contributed by atoms with Gasteiger partial charge in [-0.25, -0.2) is 8.42 Å². The van der Waals surface area contributed by atoms with Crippen LogP contribution in [0.5, 0.6) is 0 Å². The molecule has 1 aromatic rings. The molecule has 1 aliphatic heterocycles. The van der Waals surface area contributed by atoms with Gasteiger partial charge in [0, 0.05) is 50.7 Å². The Morgan fingerprint density at radius 1 is 1.38 bits per heavy atom. The van der Waals surface area contributed by atoms with E-state index in [2.05, 4.69) is 11.8 Å². The summed E-state index contributed by atoms with van der Waals surface area (Å²) in [7, 11) is -1.42. The van der Waals surface area contributed by atoms with Crippen molar-refractivity contribution in [2.75, 3.05) is 26.7 Å². The quantitative estimate of drug-likeness (QED) is 0.867. The smallest absolute Gasteiger partial charge is 0.244 e. The molecular formula is C14H26N4O2S. The summed E-state index contributed by atoms with van der Waals surface area (Å²) in [5.41, 5.74) is 6.60. The molecule has 2 N–H and O–H groups in total. The van der Waals surface area contributed by atoms with Crippen LogP contribution in [-0.2, 0) is 23.1 Å². The number of likely N-dealkylation sites (N-methyl/N-ethyl adjacent to an activating group) is 1. The zero-order valence-corrected chi connectivity index (χ0v) is 13.9. The lowest BCUT2D eigenvalue weighted by molar-refractivity contribution is 0.170. The van der Waals surface area contributed by atoms with Crippen LogP contribution in [0.15, 0.2) is 17.2 Å². The minimum Gasteiger partial charge on any atom is -0.349 e. The number of hydrogen-bond acceptors (Lipinski definition) is 4.